The minimum absolute atomic E-state index is 0.0564. The monoisotopic (exact) mass is 659 g/mol. The summed E-state index contributed by atoms with van der Waals surface area (Å²) in [7, 11) is 0. The zero-order valence-corrected chi connectivity index (χ0v) is 28.0. The number of halogens is 3. The molecule has 1 aliphatic rings. The topological polar surface area (TPSA) is 118 Å². The number of alkyl halides is 3. The van der Waals surface area contributed by atoms with E-state index in [1.807, 2.05) is 6.07 Å². The number of nitriles is 1. The summed E-state index contributed by atoms with van der Waals surface area (Å²) in [5.41, 5.74) is -1.60. The molecule has 2 aromatic rings. The van der Waals surface area contributed by atoms with E-state index in [0.717, 1.165) is 42.0 Å². The van der Waals surface area contributed by atoms with Crippen LogP contribution in [0.3, 0.4) is 0 Å². The van der Waals surface area contributed by atoms with Crippen molar-refractivity contribution < 1.29 is 41.8 Å². The summed E-state index contributed by atoms with van der Waals surface area (Å²) in [5.74, 6) is -1.79. The van der Waals surface area contributed by atoms with Gasteiger partial charge in [0.1, 0.15) is 24.1 Å². The number of nitrogens with zero attached hydrogens (tertiary/aromatic N) is 2. The highest BCUT2D eigenvalue weighted by atomic mass is 19.4. The van der Waals surface area contributed by atoms with Crippen LogP contribution in [0.2, 0.25) is 0 Å². The average Bonchev–Trinajstić information content (AvgIpc) is 3.30. The molecule has 1 unspecified atom stereocenters. The lowest BCUT2D eigenvalue weighted by atomic mass is 9.79. The van der Waals surface area contributed by atoms with Crippen molar-refractivity contribution in [2.45, 2.75) is 92.2 Å². The molecule has 256 valence electrons. The molecular formula is C35H44F3N3O6. The maximum atomic E-state index is 13.9. The van der Waals surface area contributed by atoms with Gasteiger partial charge < -0.3 is 19.5 Å². The number of benzene rings is 2. The fourth-order valence-electron chi connectivity index (χ4n) is 5.52. The van der Waals surface area contributed by atoms with Crippen molar-refractivity contribution in [3.8, 4) is 11.8 Å². The van der Waals surface area contributed by atoms with Crippen molar-refractivity contribution in [3.63, 3.8) is 0 Å². The first kappa shape index (κ1) is 37.3. The highest BCUT2D eigenvalue weighted by Gasteiger charge is 2.47. The molecule has 1 heterocycles. The third kappa shape index (κ3) is 9.94. The summed E-state index contributed by atoms with van der Waals surface area (Å²) in [6.45, 7) is 13.3. The number of rotatable bonds is 14. The first-order valence-electron chi connectivity index (χ1n) is 15.7. The highest BCUT2D eigenvalue weighted by molar-refractivity contribution is 6.09. The van der Waals surface area contributed by atoms with E-state index in [2.05, 4.69) is 5.32 Å². The normalized spacial score (nSPS) is 14.1. The molecule has 0 saturated heterocycles. The first-order valence-corrected chi connectivity index (χ1v) is 15.7. The molecule has 9 nitrogen and oxygen atoms in total. The molecular weight excluding hydrogens is 615 g/mol. The van der Waals surface area contributed by atoms with Crippen LogP contribution in [0, 0.1) is 22.7 Å². The van der Waals surface area contributed by atoms with Crippen LogP contribution in [0.4, 0.5) is 18.9 Å². The Balaban J connectivity index is 1.58. The van der Waals surface area contributed by atoms with Crippen LogP contribution >= 0.6 is 0 Å². The van der Waals surface area contributed by atoms with Gasteiger partial charge in [0, 0.05) is 24.4 Å². The third-order valence-electron chi connectivity index (χ3n) is 7.64. The number of carbonyl (C=O) groups is 3. The lowest BCUT2D eigenvalue weighted by Gasteiger charge is -2.38. The summed E-state index contributed by atoms with van der Waals surface area (Å²) < 4.78 is 57.3. The Morgan fingerprint density at radius 2 is 1.72 bits per heavy atom. The zero-order chi connectivity index (χ0) is 35.2. The van der Waals surface area contributed by atoms with Gasteiger partial charge in [-0.15, -0.1) is 0 Å². The third-order valence-corrected chi connectivity index (χ3v) is 7.64. The lowest BCUT2D eigenvalue weighted by molar-refractivity contribution is -0.160. The molecule has 0 aromatic heterocycles. The van der Waals surface area contributed by atoms with E-state index >= 15 is 0 Å². The number of fused-ring (bicyclic) bond motifs is 1. The molecule has 0 spiro atoms. The number of unbranched alkanes of at least 4 members (excludes halogenated alkanes) is 2. The van der Waals surface area contributed by atoms with E-state index < -0.39 is 52.2 Å². The predicted molar refractivity (Wildman–Crippen MR) is 170 cm³/mol. The number of imide groups is 1. The molecule has 1 atom stereocenters. The Morgan fingerprint density at radius 1 is 1.02 bits per heavy atom. The van der Waals surface area contributed by atoms with Crippen molar-refractivity contribution in [2.24, 2.45) is 11.3 Å². The SMILES string of the molecule is CC(C)C(Oc1ccc(C#N)c(C(F)(F)F)c1)C(C)(C)C(=O)N1Cc2cc(NCCCCCOCC(=O)OC(C)(C)C)ccc2C1=O. The van der Waals surface area contributed by atoms with Crippen LogP contribution in [0.5, 0.6) is 5.75 Å². The Bertz CT molecular complexity index is 1490. The fourth-order valence-corrected chi connectivity index (χ4v) is 5.52. The molecule has 0 bridgehead atoms. The Labute approximate surface area is 274 Å². The van der Waals surface area contributed by atoms with Gasteiger partial charge in [0.15, 0.2) is 0 Å². The van der Waals surface area contributed by atoms with Crippen molar-refractivity contribution in [3.05, 3.63) is 58.7 Å². The second-order valence-electron chi connectivity index (χ2n) is 13.5. The Hall–Kier alpha value is -4.11. The fraction of sp³-hybridized carbons (Fsp3) is 0.543. The van der Waals surface area contributed by atoms with Gasteiger partial charge in [0.2, 0.25) is 5.91 Å². The van der Waals surface area contributed by atoms with E-state index in [0.29, 0.717) is 24.3 Å². The number of esters is 1. The highest BCUT2D eigenvalue weighted by Crippen LogP contribution is 2.38. The van der Waals surface area contributed by atoms with E-state index in [9.17, 15) is 27.6 Å². The number of amides is 2. The predicted octanol–water partition coefficient (Wildman–Crippen LogP) is 7.13. The van der Waals surface area contributed by atoms with Gasteiger partial charge in [0.05, 0.1) is 29.2 Å². The van der Waals surface area contributed by atoms with Crippen molar-refractivity contribution in [1.82, 2.24) is 4.90 Å². The molecule has 3 rings (SSSR count). The molecule has 1 N–H and O–H groups in total. The molecule has 0 radical (unpaired) electrons. The molecule has 2 aromatic carbocycles. The average molecular weight is 660 g/mol. The van der Waals surface area contributed by atoms with Gasteiger partial charge in [-0.25, -0.2) is 4.79 Å². The number of hydrogen-bond donors (Lipinski definition) is 1. The minimum Gasteiger partial charge on any atom is -0.489 e. The number of hydrogen-bond acceptors (Lipinski definition) is 8. The van der Waals surface area contributed by atoms with Crippen LogP contribution in [0.15, 0.2) is 36.4 Å². The summed E-state index contributed by atoms with van der Waals surface area (Å²) in [4.78, 5) is 40.0. The summed E-state index contributed by atoms with van der Waals surface area (Å²) in [5, 5.41) is 12.5. The van der Waals surface area contributed by atoms with Crippen molar-refractivity contribution in [1.29, 1.82) is 5.26 Å². The van der Waals surface area contributed by atoms with Gasteiger partial charge in [-0.3, -0.25) is 14.5 Å². The number of nitrogens with one attached hydrogen (secondary N) is 1. The second kappa shape index (κ2) is 15.2. The quantitative estimate of drug-likeness (QED) is 0.168. The molecule has 0 saturated carbocycles. The Morgan fingerprint density at radius 3 is 2.34 bits per heavy atom. The smallest absolute Gasteiger partial charge is 0.417 e. The first-order chi connectivity index (χ1) is 21.8. The molecule has 12 heteroatoms. The van der Waals surface area contributed by atoms with E-state index in [4.69, 9.17) is 19.5 Å². The number of ether oxygens (including phenoxy) is 3. The van der Waals surface area contributed by atoms with Crippen LogP contribution in [0.25, 0.3) is 0 Å². The molecule has 0 fully saturated rings. The van der Waals surface area contributed by atoms with Gasteiger partial charge in [-0.2, -0.15) is 18.4 Å². The zero-order valence-electron chi connectivity index (χ0n) is 28.0. The van der Waals surface area contributed by atoms with Gasteiger partial charge in [-0.05, 0) is 102 Å². The Kier molecular flexibility index (Phi) is 12.1. The summed E-state index contributed by atoms with van der Waals surface area (Å²) in [6.07, 6.45) is -3.14. The maximum absolute atomic E-state index is 13.9. The van der Waals surface area contributed by atoms with Crippen molar-refractivity contribution >= 4 is 23.5 Å². The van der Waals surface area contributed by atoms with E-state index in [1.165, 1.54) is 6.07 Å². The standard InChI is InChI=1S/C35H44F3N3O6/c1-22(2)30(46-26-13-11-23(19-39)28(18-26)35(36,37)38)34(6,7)32(44)41-20-24-17-25(12-14-27(24)31(41)43)40-15-9-8-10-16-45-21-29(42)47-33(3,4)5/h11-14,17-18,22,30,40H,8-10,15-16,20-21H2,1-7H3. The van der Waals surface area contributed by atoms with Crippen LogP contribution in [0.1, 0.15) is 94.8 Å². The van der Waals surface area contributed by atoms with Gasteiger partial charge in [-0.1, -0.05) is 13.8 Å². The molecule has 0 aliphatic carbocycles. The molecule has 47 heavy (non-hydrogen) atoms. The van der Waals surface area contributed by atoms with Crippen molar-refractivity contribution in [2.75, 3.05) is 25.1 Å². The second-order valence-corrected chi connectivity index (χ2v) is 13.5. The summed E-state index contributed by atoms with van der Waals surface area (Å²) >= 11 is 0. The van der Waals surface area contributed by atoms with E-state index in [1.54, 1.807) is 66.7 Å². The minimum atomic E-state index is -4.76. The number of anilines is 1. The van der Waals surface area contributed by atoms with Crippen LogP contribution in [-0.2, 0) is 31.8 Å². The van der Waals surface area contributed by atoms with Gasteiger partial charge in [0.25, 0.3) is 5.91 Å². The van der Waals surface area contributed by atoms with Crippen LogP contribution in [-0.4, -0.2) is 54.1 Å². The number of carbonyl (C=O) groups excluding carboxylic acids is 3. The van der Waals surface area contributed by atoms with E-state index in [-0.39, 0.29) is 24.8 Å². The van der Waals surface area contributed by atoms with Gasteiger partial charge >= 0.3 is 12.1 Å². The lowest BCUT2D eigenvalue weighted by Crippen LogP contribution is -2.51. The maximum Gasteiger partial charge on any atom is 0.417 e. The molecule has 2 amide bonds. The summed E-state index contributed by atoms with van der Waals surface area (Å²) in [6, 6.07) is 9.92. The largest absolute Gasteiger partial charge is 0.489 e. The molecule has 1 aliphatic heterocycles. The van der Waals surface area contributed by atoms with Crippen LogP contribution < -0.4 is 10.1 Å².